The van der Waals surface area contributed by atoms with E-state index in [0.29, 0.717) is 0 Å². The molecule has 0 unspecified atom stereocenters. The van der Waals surface area contributed by atoms with Crippen LogP contribution < -0.4 is 10.6 Å². The highest BCUT2D eigenvalue weighted by Gasteiger charge is 2.28. The Kier molecular flexibility index (Phi) is 5.04. The van der Waals surface area contributed by atoms with Crippen LogP contribution in [0.25, 0.3) is 0 Å². The molecule has 104 valence electrons. The zero-order chi connectivity index (χ0) is 12.8. The molecule has 0 radical (unpaired) electrons. The molecule has 0 spiro atoms. The maximum Gasteiger partial charge on any atom is 0.220 e. The largest absolute Gasteiger partial charge is 0.351 e. The fraction of sp³-hybridized carbons (Fsp3) is 0.933. The van der Waals surface area contributed by atoms with E-state index in [1.54, 1.807) is 0 Å². The lowest BCUT2D eigenvalue weighted by molar-refractivity contribution is -0.123. The predicted molar refractivity (Wildman–Crippen MR) is 74.5 cm³/mol. The normalized spacial score (nSPS) is 24.7. The van der Waals surface area contributed by atoms with Crippen molar-refractivity contribution in [3.63, 3.8) is 0 Å². The summed E-state index contributed by atoms with van der Waals surface area (Å²) in [5.41, 5.74) is 0.0366. The molecule has 0 aromatic carbocycles. The lowest BCUT2D eigenvalue weighted by Gasteiger charge is -2.35. The molecule has 0 aromatic rings. The number of carbonyl (C=O) groups excluding carboxylic acids is 1. The third-order valence-corrected chi connectivity index (χ3v) is 4.65. The van der Waals surface area contributed by atoms with Gasteiger partial charge in [-0.05, 0) is 45.2 Å². The van der Waals surface area contributed by atoms with Crippen molar-refractivity contribution in [3.05, 3.63) is 0 Å². The van der Waals surface area contributed by atoms with Crippen LogP contribution in [0.15, 0.2) is 0 Å². The number of hydrogen-bond acceptors (Lipinski definition) is 2. The van der Waals surface area contributed by atoms with Gasteiger partial charge in [-0.3, -0.25) is 4.79 Å². The Labute approximate surface area is 111 Å². The molecule has 0 atom stereocenters. The maximum absolute atomic E-state index is 12.0. The van der Waals surface area contributed by atoms with Gasteiger partial charge in [0.15, 0.2) is 0 Å². The minimum absolute atomic E-state index is 0.0366. The Bertz CT molecular complexity index is 266. The molecule has 1 saturated carbocycles. The van der Waals surface area contributed by atoms with E-state index in [-0.39, 0.29) is 11.4 Å². The standard InChI is InChI=1S/C15H28N2O/c1-15(9-11-16-12-10-15)17-14(18)8-7-13-5-3-2-4-6-13/h13,16H,2-12H2,1H3,(H,17,18). The molecule has 0 bridgehead atoms. The highest BCUT2D eigenvalue weighted by molar-refractivity contribution is 5.76. The van der Waals surface area contributed by atoms with Crippen LogP contribution in [0, 0.1) is 5.92 Å². The van der Waals surface area contributed by atoms with E-state index in [9.17, 15) is 4.79 Å². The van der Waals surface area contributed by atoms with E-state index >= 15 is 0 Å². The first kappa shape index (κ1) is 13.9. The van der Waals surface area contributed by atoms with E-state index < -0.39 is 0 Å². The Morgan fingerprint density at radius 3 is 2.56 bits per heavy atom. The van der Waals surface area contributed by atoms with Crippen molar-refractivity contribution in [2.24, 2.45) is 5.92 Å². The van der Waals surface area contributed by atoms with Gasteiger partial charge in [0.2, 0.25) is 5.91 Å². The molecule has 2 fully saturated rings. The van der Waals surface area contributed by atoms with Gasteiger partial charge in [0.1, 0.15) is 0 Å². The van der Waals surface area contributed by atoms with E-state index in [1.165, 1.54) is 32.1 Å². The van der Waals surface area contributed by atoms with Crippen molar-refractivity contribution in [3.8, 4) is 0 Å². The van der Waals surface area contributed by atoms with Gasteiger partial charge in [-0.2, -0.15) is 0 Å². The molecule has 2 aliphatic rings. The van der Waals surface area contributed by atoms with E-state index in [1.807, 2.05) is 0 Å². The van der Waals surface area contributed by atoms with Crippen LogP contribution >= 0.6 is 0 Å². The predicted octanol–water partition coefficient (Wildman–Crippen LogP) is 2.61. The second-order valence-corrected chi connectivity index (χ2v) is 6.40. The summed E-state index contributed by atoms with van der Waals surface area (Å²) in [7, 11) is 0. The Hall–Kier alpha value is -0.570. The van der Waals surface area contributed by atoms with Crippen molar-refractivity contribution < 1.29 is 4.79 Å². The lowest BCUT2D eigenvalue weighted by Crippen LogP contribution is -2.52. The van der Waals surface area contributed by atoms with Gasteiger partial charge >= 0.3 is 0 Å². The Morgan fingerprint density at radius 2 is 1.89 bits per heavy atom. The molecule has 3 heteroatoms. The fourth-order valence-electron chi connectivity index (χ4n) is 3.31. The van der Waals surface area contributed by atoms with Gasteiger partial charge < -0.3 is 10.6 Å². The fourth-order valence-corrected chi connectivity index (χ4v) is 3.31. The minimum Gasteiger partial charge on any atom is -0.351 e. The molecule has 1 aliphatic heterocycles. The van der Waals surface area contributed by atoms with Crippen molar-refractivity contribution in [1.29, 1.82) is 0 Å². The summed E-state index contributed by atoms with van der Waals surface area (Å²) in [6.45, 7) is 4.24. The van der Waals surface area contributed by atoms with Gasteiger partial charge in [-0.1, -0.05) is 32.1 Å². The quantitative estimate of drug-likeness (QED) is 0.807. The molecule has 2 N–H and O–H groups in total. The number of nitrogens with one attached hydrogen (secondary N) is 2. The van der Waals surface area contributed by atoms with Crippen LogP contribution in [-0.4, -0.2) is 24.5 Å². The van der Waals surface area contributed by atoms with Crippen LogP contribution in [0.4, 0.5) is 0 Å². The van der Waals surface area contributed by atoms with Crippen LogP contribution in [0.3, 0.4) is 0 Å². The number of amides is 1. The highest BCUT2D eigenvalue weighted by Crippen LogP contribution is 2.27. The van der Waals surface area contributed by atoms with Crippen molar-refractivity contribution in [2.45, 2.75) is 70.3 Å². The van der Waals surface area contributed by atoms with Crippen LogP contribution in [0.5, 0.6) is 0 Å². The van der Waals surface area contributed by atoms with Crippen LogP contribution in [-0.2, 0) is 4.79 Å². The van der Waals surface area contributed by atoms with Gasteiger partial charge in [-0.25, -0.2) is 0 Å². The number of hydrogen-bond donors (Lipinski definition) is 2. The molecule has 1 aliphatic carbocycles. The summed E-state index contributed by atoms with van der Waals surface area (Å²) < 4.78 is 0. The van der Waals surface area contributed by atoms with E-state index in [0.717, 1.165) is 44.7 Å². The SMILES string of the molecule is CC1(NC(=O)CCC2CCCCC2)CCNCC1. The first-order valence-corrected chi connectivity index (χ1v) is 7.70. The van der Waals surface area contributed by atoms with Crippen molar-refractivity contribution >= 4 is 5.91 Å². The lowest BCUT2D eigenvalue weighted by atomic mass is 9.85. The summed E-state index contributed by atoms with van der Waals surface area (Å²) in [4.78, 5) is 12.0. The summed E-state index contributed by atoms with van der Waals surface area (Å²) in [5.74, 6) is 1.08. The van der Waals surface area contributed by atoms with E-state index in [4.69, 9.17) is 0 Å². The van der Waals surface area contributed by atoms with Crippen molar-refractivity contribution in [2.75, 3.05) is 13.1 Å². The maximum atomic E-state index is 12.0. The number of piperidine rings is 1. The Morgan fingerprint density at radius 1 is 1.22 bits per heavy atom. The molecule has 1 amide bonds. The zero-order valence-corrected chi connectivity index (χ0v) is 11.8. The van der Waals surface area contributed by atoms with Gasteiger partial charge in [0, 0.05) is 12.0 Å². The molecule has 1 heterocycles. The summed E-state index contributed by atoms with van der Waals surface area (Å²) in [6, 6.07) is 0. The number of carbonyl (C=O) groups is 1. The first-order valence-electron chi connectivity index (χ1n) is 7.70. The Balaban J connectivity index is 1.67. The van der Waals surface area contributed by atoms with Gasteiger partial charge in [-0.15, -0.1) is 0 Å². The van der Waals surface area contributed by atoms with Gasteiger partial charge in [0.05, 0.1) is 0 Å². The molecule has 1 saturated heterocycles. The second-order valence-electron chi connectivity index (χ2n) is 6.40. The second kappa shape index (κ2) is 6.55. The third-order valence-electron chi connectivity index (χ3n) is 4.65. The zero-order valence-electron chi connectivity index (χ0n) is 11.8. The molecule has 3 nitrogen and oxygen atoms in total. The first-order chi connectivity index (χ1) is 8.68. The molecule has 18 heavy (non-hydrogen) atoms. The van der Waals surface area contributed by atoms with E-state index in [2.05, 4.69) is 17.6 Å². The minimum atomic E-state index is 0.0366. The summed E-state index contributed by atoms with van der Waals surface area (Å²) in [5, 5.41) is 6.60. The molecular formula is C15H28N2O. The van der Waals surface area contributed by atoms with Gasteiger partial charge in [0.25, 0.3) is 0 Å². The smallest absolute Gasteiger partial charge is 0.220 e. The topological polar surface area (TPSA) is 41.1 Å². The van der Waals surface area contributed by atoms with Crippen molar-refractivity contribution in [1.82, 2.24) is 10.6 Å². The monoisotopic (exact) mass is 252 g/mol. The molecular weight excluding hydrogens is 224 g/mol. The third kappa shape index (κ3) is 4.27. The average Bonchev–Trinajstić information content (AvgIpc) is 2.38. The average molecular weight is 252 g/mol. The number of rotatable bonds is 4. The van der Waals surface area contributed by atoms with Crippen LogP contribution in [0.2, 0.25) is 0 Å². The highest BCUT2D eigenvalue weighted by atomic mass is 16.1. The molecule has 0 aromatic heterocycles. The van der Waals surface area contributed by atoms with Crippen LogP contribution in [0.1, 0.15) is 64.7 Å². The molecule has 2 rings (SSSR count). The summed E-state index contributed by atoms with van der Waals surface area (Å²) in [6.07, 6.45) is 10.8. The summed E-state index contributed by atoms with van der Waals surface area (Å²) >= 11 is 0.